The van der Waals surface area contributed by atoms with E-state index < -0.39 is 5.60 Å². The summed E-state index contributed by atoms with van der Waals surface area (Å²) in [5, 5.41) is 13.6. The van der Waals surface area contributed by atoms with E-state index in [1.807, 2.05) is 19.9 Å². The molecule has 0 saturated heterocycles. The van der Waals surface area contributed by atoms with Crippen molar-refractivity contribution in [3.05, 3.63) is 78.3 Å². The minimum atomic E-state index is -0.657. The number of nitrogens with zero attached hydrogens (tertiary/aromatic N) is 4. The smallest absolute Gasteiger partial charge is 0.227 e. The highest BCUT2D eigenvalue weighted by atomic mass is 19.1. The van der Waals surface area contributed by atoms with Gasteiger partial charge in [0.1, 0.15) is 11.6 Å². The first kappa shape index (κ1) is 23.1. The Labute approximate surface area is 202 Å². The van der Waals surface area contributed by atoms with Crippen LogP contribution in [-0.4, -0.2) is 30.2 Å². The third-order valence-corrected chi connectivity index (χ3v) is 6.67. The number of hydrogen-bond acceptors (Lipinski definition) is 5. The molecule has 6 nitrogen and oxygen atoms in total. The van der Waals surface area contributed by atoms with E-state index in [0.29, 0.717) is 35.9 Å². The lowest BCUT2D eigenvalue weighted by Crippen LogP contribution is -2.31. The second-order valence-corrected chi connectivity index (χ2v) is 9.43. The maximum atomic E-state index is 13.6. The van der Waals surface area contributed by atoms with Crippen LogP contribution in [0.4, 0.5) is 20.4 Å². The summed E-state index contributed by atoms with van der Waals surface area (Å²) in [7, 11) is 0. The van der Waals surface area contributed by atoms with Crippen LogP contribution in [0.25, 0.3) is 22.6 Å². The highest BCUT2D eigenvalue weighted by Gasteiger charge is 2.31. The van der Waals surface area contributed by atoms with Gasteiger partial charge in [0.05, 0.1) is 29.0 Å². The van der Waals surface area contributed by atoms with Gasteiger partial charge in [-0.3, -0.25) is 0 Å². The molecule has 1 aliphatic rings. The first-order valence-corrected chi connectivity index (χ1v) is 11.7. The molecule has 0 radical (unpaired) electrons. The Balaban J connectivity index is 1.56. The van der Waals surface area contributed by atoms with E-state index in [4.69, 9.17) is 9.97 Å². The zero-order chi connectivity index (χ0) is 24.6. The van der Waals surface area contributed by atoms with E-state index in [9.17, 15) is 13.9 Å². The van der Waals surface area contributed by atoms with Crippen LogP contribution in [0.1, 0.15) is 44.2 Å². The molecular formula is C27H27F2N5O. The molecule has 2 N–H and O–H groups in total. The Hall–Kier alpha value is -3.65. The molecule has 180 valence electrons. The number of aromatic nitrogens is 4. The molecule has 0 spiro atoms. The van der Waals surface area contributed by atoms with Crippen molar-refractivity contribution < 1.29 is 13.9 Å². The van der Waals surface area contributed by atoms with E-state index in [0.717, 1.165) is 29.7 Å². The maximum absolute atomic E-state index is 13.6. The number of nitrogens with one attached hydrogen (secondary N) is 1. The Morgan fingerprint density at radius 3 is 2.43 bits per heavy atom. The highest BCUT2D eigenvalue weighted by molar-refractivity contribution is 5.77. The van der Waals surface area contributed by atoms with Crippen molar-refractivity contribution in [2.24, 2.45) is 0 Å². The summed E-state index contributed by atoms with van der Waals surface area (Å²) < 4.78 is 29.3. The minimum absolute atomic E-state index is 0.151. The van der Waals surface area contributed by atoms with E-state index in [1.165, 1.54) is 24.3 Å². The molecular weight excluding hydrogens is 448 g/mol. The van der Waals surface area contributed by atoms with Gasteiger partial charge in [0.25, 0.3) is 0 Å². The van der Waals surface area contributed by atoms with Crippen LogP contribution in [0.3, 0.4) is 0 Å². The van der Waals surface area contributed by atoms with Gasteiger partial charge in [-0.2, -0.15) is 0 Å². The monoisotopic (exact) mass is 475 g/mol. The Bertz CT molecular complexity index is 1340. The number of hydrogen-bond donors (Lipinski definition) is 2. The number of aryl methyl sites for hydroxylation is 1. The summed E-state index contributed by atoms with van der Waals surface area (Å²) in [4.78, 5) is 13.8. The number of imidazole rings is 1. The summed E-state index contributed by atoms with van der Waals surface area (Å²) in [5.74, 6) is -0.240. The summed E-state index contributed by atoms with van der Waals surface area (Å²) in [6.45, 7) is 3.69. The molecule has 0 unspecified atom stereocenters. The molecule has 4 aromatic rings. The summed E-state index contributed by atoms with van der Waals surface area (Å²) in [6.07, 6.45) is 6.48. The van der Waals surface area contributed by atoms with E-state index >= 15 is 0 Å². The Morgan fingerprint density at radius 2 is 1.71 bits per heavy atom. The average Bonchev–Trinajstić information content (AvgIpc) is 3.27. The molecule has 1 aliphatic carbocycles. The van der Waals surface area contributed by atoms with Crippen molar-refractivity contribution in [3.8, 4) is 22.6 Å². The van der Waals surface area contributed by atoms with E-state index in [2.05, 4.69) is 14.9 Å². The molecule has 1 saturated carbocycles. The number of halogens is 2. The number of aliphatic hydroxyl groups is 1. The van der Waals surface area contributed by atoms with Crippen molar-refractivity contribution in [3.63, 3.8) is 0 Å². The van der Waals surface area contributed by atoms with Crippen molar-refractivity contribution in [1.82, 2.24) is 19.5 Å². The van der Waals surface area contributed by atoms with Gasteiger partial charge in [-0.1, -0.05) is 0 Å². The van der Waals surface area contributed by atoms with Crippen LogP contribution in [-0.2, 0) is 0 Å². The SMILES string of the molecule is Cc1cc(F)ccc1Nc1nccc(-c2c(-c3ccc(F)cc3)ncn2[C@H]2CC[C@](C)(O)CC2)n1. The molecule has 2 aromatic heterocycles. The fourth-order valence-electron chi connectivity index (χ4n) is 4.65. The molecule has 0 atom stereocenters. The standard InChI is InChI=1S/C27H27F2N5O/c1-17-15-20(29)7-8-22(17)32-26-30-14-11-23(33-26)25-24(18-3-5-19(28)6-4-18)31-16-34(25)21-9-12-27(2,35)13-10-21/h3-8,11,14-16,21,35H,9-10,12-13H2,1-2H3,(H,30,32,33)/t21-,27-. The molecule has 0 bridgehead atoms. The summed E-state index contributed by atoms with van der Waals surface area (Å²) >= 11 is 0. The Morgan fingerprint density at radius 1 is 1.00 bits per heavy atom. The number of rotatable bonds is 5. The average molecular weight is 476 g/mol. The second-order valence-electron chi connectivity index (χ2n) is 9.43. The number of benzene rings is 2. The molecule has 8 heteroatoms. The summed E-state index contributed by atoms with van der Waals surface area (Å²) in [5.41, 5.74) is 3.75. The minimum Gasteiger partial charge on any atom is -0.390 e. The van der Waals surface area contributed by atoms with Gasteiger partial charge in [-0.05, 0) is 93.6 Å². The zero-order valence-electron chi connectivity index (χ0n) is 19.7. The van der Waals surface area contributed by atoms with Crippen molar-refractivity contribution in [1.29, 1.82) is 0 Å². The molecule has 35 heavy (non-hydrogen) atoms. The van der Waals surface area contributed by atoms with Gasteiger partial charge in [-0.15, -0.1) is 0 Å². The fraction of sp³-hybridized carbons (Fsp3) is 0.296. The topological polar surface area (TPSA) is 75.9 Å². The fourth-order valence-corrected chi connectivity index (χ4v) is 4.65. The predicted octanol–water partition coefficient (Wildman–Crippen LogP) is 6.20. The van der Waals surface area contributed by atoms with Gasteiger partial charge in [0.15, 0.2) is 0 Å². The third-order valence-electron chi connectivity index (χ3n) is 6.67. The van der Waals surface area contributed by atoms with Crippen LogP contribution in [0.5, 0.6) is 0 Å². The quantitative estimate of drug-likeness (QED) is 0.359. The Kier molecular flexibility index (Phi) is 6.06. The van der Waals surface area contributed by atoms with Crippen LogP contribution < -0.4 is 5.32 Å². The van der Waals surface area contributed by atoms with Crippen molar-refractivity contribution in [2.75, 3.05) is 5.32 Å². The largest absolute Gasteiger partial charge is 0.390 e. The van der Waals surface area contributed by atoms with Crippen LogP contribution in [0.15, 0.2) is 61.1 Å². The molecule has 1 fully saturated rings. The normalized spacial score (nSPS) is 20.1. The van der Waals surface area contributed by atoms with Gasteiger partial charge < -0.3 is 15.0 Å². The van der Waals surface area contributed by atoms with Crippen LogP contribution in [0, 0.1) is 18.6 Å². The molecule has 2 heterocycles. The van der Waals surface area contributed by atoms with Gasteiger partial charge in [0, 0.05) is 23.5 Å². The van der Waals surface area contributed by atoms with Crippen molar-refractivity contribution >= 4 is 11.6 Å². The molecule has 2 aromatic carbocycles. The van der Waals surface area contributed by atoms with Crippen molar-refractivity contribution in [2.45, 2.75) is 51.2 Å². The molecule has 0 aliphatic heterocycles. The predicted molar refractivity (Wildman–Crippen MR) is 131 cm³/mol. The van der Waals surface area contributed by atoms with Gasteiger partial charge in [-0.25, -0.2) is 23.7 Å². The van der Waals surface area contributed by atoms with Crippen LogP contribution in [0.2, 0.25) is 0 Å². The lowest BCUT2D eigenvalue weighted by atomic mass is 9.83. The number of anilines is 2. The van der Waals surface area contributed by atoms with E-state index in [1.54, 1.807) is 30.7 Å². The van der Waals surface area contributed by atoms with Crippen LogP contribution >= 0.6 is 0 Å². The summed E-state index contributed by atoms with van der Waals surface area (Å²) in [6, 6.07) is 12.7. The first-order valence-electron chi connectivity index (χ1n) is 11.7. The van der Waals surface area contributed by atoms with Gasteiger partial charge >= 0.3 is 0 Å². The molecule has 5 rings (SSSR count). The van der Waals surface area contributed by atoms with E-state index in [-0.39, 0.29) is 17.7 Å². The lowest BCUT2D eigenvalue weighted by molar-refractivity contribution is 0.0101. The van der Waals surface area contributed by atoms with Gasteiger partial charge in [0.2, 0.25) is 5.95 Å². The second kappa shape index (κ2) is 9.19. The molecule has 0 amide bonds. The first-order chi connectivity index (χ1) is 16.8. The third kappa shape index (κ3) is 4.93. The highest BCUT2D eigenvalue weighted by Crippen LogP contribution is 2.40. The zero-order valence-corrected chi connectivity index (χ0v) is 19.7. The maximum Gasteiger partial charge on any atom is 0.227 e. The lowest BCUT2D eigenvalue weighted by Gasteiger charge is -2.34.